The summed E-state index contributed by atoms with van der Waals surface area (Å²) >= 11 is 1.85. The van der Waals surface area contributed by atoms with Crippen LogP contribution in [-0.4, -0.2) is 13.2 Å². The molecule has 21 heavy (non-hydrogen) atoms. The van der Waals surface area contributed by atoms with E-state index in [-0.39, 0.29) is 6.10 Å². The maximum Gasteiger partial charge on any atom is 0.119 e. The van der Waals surface area contributed by atoms with Gasteiger partial charge in [-0.1, -0.05) is 18.2 Å². The number of benzene rings is 1. The lowest BCUT2D eigenvalue weighted by Crippen LogP contribution is -2.16. The molecule has 0 saturated heterocycles. The zero-order chi connectivity index (χ0) is 15.1. The molecule has 0 fully saturated rings. The van der Waals surface area contributed by atoms with Crippen LogP contribution in [0.25, 0.3) is 0 Å². The summed E-state index contributed by atoms with van der Waals surface area (Å²) in [5.74, 6) is 0.946. The van der Waals surface area contributed by atoms with E-state index in [1.807, 2.05) is 18.4 Å². The van der Waals surface area contributed by atoms with Gasteiger partial charge in [-0.2, -0.15) is 0 Å². The Bertz CT molecular complexity index is 505. The Labute approximate surface area is 132 Å². The lowest BCUT2D eigenvalue weighted by molar-refractivity contribution is 0.242. The molecule has 1 heterocycles. The van der Waals surface area contributed by atoms with Gasteiger partial charge in [0.05, 0.1) is 6.10 Å². The molecule has 0 aliphatic rings. The van der Waals surface area contributed by atoms with Crippen LogP contribution in [0.4, 0.5) is 0 Å². The number of ether oxygens (including phenoxy) is 1. The second-order valence-corrected chi connectivity index (χ2v) is 6.58. The number of hydrogen-bond acceptors (Lipinski definition) is 3. The summed E-state index contributed by atoms with van der Waals surface area (Å²) in [6.07, 6.45) is 3.75. The van der Waals surface area contributed by atoms with Gasteiger partial charge in [-0.05, 0) is 69.3 Å². The fourth-order valence-electron chi connectivity index (χ4n) is 2.46. The highest BCUT2D eigenvalue weighted by atomic mass is 32.1. The molecular formula is C18H25NOS. The molecule has 1 aromatic heterocycles. The first-order valence-corrected chi connectivity index (χ1v) is 8.53. The number of rotatable bonds is 8. The molecule has 2 rings (SSSR count). The van der Waals surface area contributed by atoms with Crippen molar-refractivity contribution in [1.82, 2.24) is 5.32 Å². The van der Waals surface area contributed by atoms with Crippen LogP contribution in [0.5, 0.6) is 5.75 Å². The Hall–Kier alpha value is -1.32. The predicted molar refractivity (Wildman–Crippen MR) is 91.3 cm³/mol. The van der Waals surface area contributed by atoms with Crippen LogP contribution in [0.15, 0.2) is 41.8 Å². The second-order valence-electron chi connectivity index (χ2n) is 5.55. The summed E-state index contributed by atoms with van der Waals surface area (Å²) in [6.45, 7) is 4.10. The maximum absolute atomic E-state index is 5.69. The van der Waals surface area contributed by atoms with Gasteiger partial charge >= 0.3 is 0 Å². The monoisotopic (exact) mass is 303 g/mol. The number of thiophene rings is 1. The van der Waals surface area contributed by atoms with Crippen molar-refractivity contribution in [2.75, 3.05) is 7.05 Å². The minimum absolute atomic E-state index is 0.224. The Morgan fingerprint density at radius 1 is 1.14 bits per heavy atom. The molecule has 0 aliphatic carbocycles. The SMILES string of the molecule is CNC(CCCc1cccs1)c1ccc(OC(C)C)cc1. The first-order valence-electron chi connectivity index (χ1n) is 7.65. The highest BCUT2D eigenvalue weighted by Crippen LogP contribution is 2.23. The molecule has 2 aromatic rings. The van der Waals surface area contributed by atoms with E-state index in [1.165, 1.54) is 23.3 Å². The molecule has 0 radical (unpaired) electrons. The molecule has 2 nitrogen and oxygen atoms in total. The van der Waals surface area contributed by atoms with Gasteiger partial charge in [0.1, 0.15) is 5.75 Å². The van der Waals surface area contributed by atoms with Crippen molar-refractivity contribution in [3.8, 4) is 5.75 Å². The average Bonchev–Trinajstić information content (AvgIpc) is 2.97. The summed E-state index contributed by atoms with van der Waals surface area (Å²) in [4.78, 5) is 1.48. The molecule has 0 aliphatic heterocycles. The number of nitrogens with one attached hydrogen (secondary N) is 1. The normalized spacial score (nSPS) is 12.6. The van der Waals surface area contributed by atoms with Gasteiger partial charge in [-0.3, -0.25) is 0 Å². The lowest BCUT2D eigenvalue weighted by atomic mass is 10.0. The molecule has 114 valence electrons. The van der Waals surface area contributed by atoms with Gasteiger partial charge in [-0.15, -0.1) is 11.3 Å². The Morgan fingerprint density at radius 2 is 1.90 bits per heavy atom. The summed E-state index contributed by atoms with van der Waals surface area (Å²) in [6, 6.07) is 13.2. The fraction of sp³-hybridized carbons (Fsp3) is 0.444. The summed E-state index contributed by atoms with van der Waals surface area (Å²) < 4.78 is 5.69. The van der Waals surface area contributed by atoms with Crippen molar-refractivity contribution in [3.05, 3.63) is 52.2 Å². The van der Waals surface area contributed by atoms with Gasteiger partial charge < -0.3 is 10.1 Å². The molecule has 0 spiro atoms. The van der Waals surface area contributed by atoms with E-state index in [1.54, 1.807) is 0 Å². The van der Waals surface area contributed by atoms with Crippen LogP contribution in [-0.2, 0) is 6.42 Å². The van der Waals surface area contributed by atoms with Crippen LogP contribution in [0.2, 0.25) is 0 Å². The van der Waals surface area contributed by atoms with Gasteiger partial charge in [0.15, 0.2) is 0 Å². The third-order valence-corrected chi connectivity index (χ3v) is 4.43. The first kappa shape index (κ1) is 16.1. The van der Waals surface area contributed by atoms with Gasteiger partial charge in [0.2, 0.25) is 0 Å². The minimum Gasteiger partial charge on any atom is -0.491 e. The average molecular weight is 303 g/mol. The number of hydrogen-bond donors (Lipinski definition) is 1. The molecule has 0 amide bonds. The van der Waals surface area contributed by atoms with Crippen LogP contribution >= 0.6 is 11.3 Å². The third kappa shape index (κ3) is 5.18. The largest absolute Gasteiger partial charge is 0.491 e. The molecule has 1 N–H and O–H groups in total. The second kappa shape index (κ2) is 8.20. The highest BCUT2D eigenvalue weighted by molar-refractivity contribution is 7.09. The smallest absolute Gasteiger partial charge is 0.119 e. The predicted octanol–water partition coefficient (Wildman–Crippen LogP) is 4.82. The topological polar surface area (TPSA) is 21.3 Å². The summed E-state index contributed by atoms with van der Waals surface area (Å²) in [5, 5.41) is 5.57. The molecule has 0 bridgehead atoms. The van der Waals surface area contributed by atoms with E-state index in [4.69, 9.17) is 4.74 Å². The van der Waals surface area contributed by atoms with Crippen LogP contribution in [0.1, 0.15) is 43.2 Å². The molecule has 3 heteroatoms. The standard InChI is InChI=1S/C18H25NOS/c1-14(2)20-16-11-9-15(10-12-16)18(19-3)8-4-6-17-7-5-13-21-17/h5,7,9-14,18-19H,4,6,8H2,1-3H3. The van der Waals surface area contributed by atoms with E-state index in [0.717, 1.165) is 12.2 Å². The van der Waals surface area contributed by atoms with Crippen molar-refractivity contribution in [1.29, 1.82) is 0 Å². The Balaban J connectivity index is 1.87. The van der Waals surface area contributed by atoms with E-state index in [2.05, 4.69) is 60.9 Å². The van der Waals surface area contributed by atoms with E-state index < -0.39 is 0 Å². The highest BCUT2D eigenvalue weighted by Gasteiger charge is 2.09. The molecule has 0 saturated carbocycles. The van der Waals surface area contributed by atoms with Crippen molar-refractivity contribution >= 4 is 11.3 Å². The third-order valence-electron chi connectivity index (χ3n) is 3.50. The zero-order valence-electron chi connectivity index (χ0n) is 13.1. The van der Waals surface area contributed by atoms with E-state index >= 15 is 0 Å². The van der Waals surface area contributed by atoms with Gasteiger partial charge in [0, 0.05) is 10.9 Å². The molecule has 1 atom stereocenters. The fourth-order valence-corrected chi connectivity index (χ4v) is 3.22. The van der Waals surface area contributed by atoms with Crippen molar-refractivity contribution < 1.29 is 4.74 Å². The quantitative estimate of drug-likeness (QED) is 0.755. The Morgan fingerprint density at radius 3 is 2.48 bits per heavy atom. The van der Waals surface area contributed by atoms with Gasteiger partial charge in [0.25, 0.3) is 0 Å². The van der Waals surface area contributed by atoms with Crippen molar-refractivity contribution in [2.45, 2.75) is 45.3 Å². The van der Waals surface area contributed by atoms with Crippen LogP contribution < -0.4 is 10.1 Å². The van der Waals surface area contributed by atoms with E-state index in [9.17, 15) is 0 Å². The summed E-state index contributed by atoms with van der Waals surface area (Å²) in [5.41, 5.74) is 1.33. The Kier molecular flexibility index (Phi) is 6.27. The van der Waals surface area contributed by atoms with Crippen molar-refractivity contribution in [3.63, 3.8) is 0 Å². The van der Waals surface area contributed by atoms with Crippen molar-refractivity contribution in [2.24, 2.45) is 0 Å². The first-order chi connectivity index (χ1) is 10.2. The minimum atomic E-state index is 0.224. The summed E-state index contributed by atoms with van der Waals surface area (Å²) in [7, 11) is 2.04. The maximum atomic E-state index is 5.69. The van der Waals surface area contributed by atoms with Gasteiger partial charge in [-0.25, -0.2) is 0 Å². The molecule has 1 unspecified atom stereocenters. The lowest BCUT2D eigenvalue weighted by Gasteiger charge is -2.17. The zero-order valence-corrected chi connectivity index (χ0v) is 14.0. The molecule has 1 aromatic carbocycles. The van der Waals surface area contributed by atoms with Crippen LogP contribution in [0, 0.1) is 0 Å². The molecular weight excluding hydrogens is 278 g/mol. The van der Waals surface area contributed by atoms with Crippen LogP contribution in [0.3, 0.4) is 0 Å². The number of aryl methyl sites for hydroxylation is 1. The van der Waals surface area contributed by atoms with E-state index in [0.29, 0.717) is 6.04 Å².